The Hall–Kier alpha value is -0.490. The van der Waals surface area contributed by atoms with Gasteiger partial charge in [-0.15, -0.1) is 12.4 Å². The largest absolute Gasteiger partial charge is 0.503 e. The van der Waals surface area contributed by atoms with Crippen LogP contribution in [0.3, 0.4) is 0 Å². The minimum atomic E-state index is -0.542. The summed E-state index contributed by atoms with van der Waals surface area (Å²) in [4.78, 5) is 0. The van der Waals surface area contributed by atoms with Gasteiger partial charge in [0.25, 0.3) is 0 Å². The molecule has 20 heavy (non-hydrogen) atoms. The number of aliphatic hydroxyl groups excluding tert-OH is 1. The first kappa shape index (κ1) is 17.6. The van der Waals surface area contributed by atoms with Crippen LogP contribution in [-0.2, 0) is 0 Å². The van der Waals surface area contributed by atoms with Crippen LogP contribution in [0.5, 0.6) is 11.5 Å². The Labute approximate surface area is 133 Å². The number of rotatable bonds is 5. The van der Waals surface area contributed by atoms with Crippen molar-refractivity contribution in [1.82, 2.24) is 0 Å². The lowest BCUT2D eigenvalue weighted by atomic mass is 9.77. The van der Waals surface area contributed by atoms with Gasteiger partial charge < -0.3 is 20.7 Å². The van der Waals surface area contributed by atoms with Crippen LogP contribution in [0.2, 0.25) is 0 Å². The van der Waals surface area contributed by atoms with Crippen LogP contribution in [0.25, 0.3) is 0 Å². The van der Waals surface area contributed by atoms with Crippen molar-refractivity contribution in [3.63, 3.8) is 0 Å². The monoisotopic (exact) mass is 365 g/mol. The quantitative estimate of drug-likeness (QED) is 0.748. The van der Waals surface area contributed by atoms with Crippen LogP contribution in [0, 0.1) is 5.92 Å². The number of benzene rings is 1. The molecule has 1 aliphatic carbocycles. The molecule has 114 valence electrons. The van der Waals surface area contributed by atoms with E-state index in [1.54, 1.807) is 12.1 Å². The molecule has 0 saturated heterocycles. The van der Waals surface area contributed by atoms with Crippen LogP contribution >= 0.6 is 28.3 Å². The van der Waals surface area contributed by atoms with Gasteiger partial charge in [-0.05, 0) is 59.3 Å². The number of hydrogen-bond acceptors (Lipinski definition) is 4. The third-order valence-electron chi connectivity index (χ3n) is 3.74. The van der Waals surface area contributed by atoms with E-state index in [0.717, 1.165) is 24.8 Å². The summed E-state index contributed by atoms with van der Waals surface area (Å²) in [6.07, 6.45) is 2.69. The molecule has 0 spiro atoms. The molecule has 1 aromatic carbocycles. The van der Waals surface area contributed by atoms with Gasteiger partial charge in [-0.2, -0.15) is 0 Å². The summed E-state index contributed by atoms with van der Waals surface area (Å²) in [7, 11) is 0. The lowest BCUT2D eigenvalue weighted by Gasteiger charge is -2.34. The molecule has 0 aliphatic heterocycles. The summed E-state index contributed by atoms with van der Waals surface area (Å²) in [6.45, 7) is 2.31. The van der Waals surface area contributed by atoms with Crippen molar-refractivity contribution in [1.29, 1.82) is 0 Å². The fourth-order valence-corrected chi connectivity index (χ4v) is 2.78. The maximum absolute atomic E-state index is 10.2. The summed E-state index contributed by atoms with van der Waals surface area (Å²) < 4.78 is 5.90. The summed E-state index contributed by atoms with van der Waals surface area (Å²) in [5.41, 5.74) is 6.90. The van der Waals surface area contributed by atoms with Crippen LogP contribution < -0.4 is 10.5 Å². The fraction of sp³-hybridized carbons (Fsp3) is 0.571. The molecule has 4 N–H and O–H groups in total. The molecule has 2 rings (SSSR count). The van der Waals surface area contributed by atoms with E-state index in [1.807, 2.05) is 6.92 Å². The average molecular weight is 367 g/mol. The molecule has 0 unspecified atom stereocenters. The Kier molecular flexibility index (Phi) is 6.58. The third-order valence-corrected chi connectivity index (χ3v) is 4.34. The van der Waals surface area contributed by atoms with Gasteiger partial charge >= 0.3 is 0 Å². The highest BCUT2D eigenvalue weighted by Crippen LogP contribution is 2.39. The van der Waals surface area contributed by atoms with Crippen molar-refractivity contribution >= 4 is 28.3 Å². The Morgan fingerprint density at radius 2 is 2.10 bits per heavy atom. The van der Waals surface area contributed by atoms with E-state index in [0.29, 0.717) is 16.8 Å². The molecule has 1 fully saturated rings. The molecule has 0 aromatic heterocycles. The highest BCUT2D eigenvalue weighted by atomic mass is 79.9. The van der Waals surface area contributed by atoms with Gasteiger partial charge in [0, 0.05) is 0 Å². The van der Waals surface area contributed by atoms with Crippen LogP contribution in [-0.4, -0.2) is 22.9 Å². The molecule has 1 saturated carbocycles. The van der Waals surface area contributed by atoms with Crippen molar-refractivity contribution in [2.24, 2.45) is 11.7 Å². The second-order valence-corrected chi connectivity index (χ2v) is 5.84. The normalized spacial score (nSPS) is 17.8. The predicted octanol–water partition coefficient (Wildman–Crippen LogP) is 3.14. The van der Waals surface area contributed by atoms with Gasteiger partial charge in [0.2, 0.25) is 0 Å². The molecule has 0 bridgehead atoms. The molecular formula is C14H21BrClNO3. The summed E-state index contributed by atoms with van der Waals surface area (Å²) >= 11 is 3.29. The number of phenolic OH excluding ortho intramolecular Hbond substituents is 1. The van der Waals surface area contributed by atoms with Crippen molar-refractivity contribution < 1.29 is 14.9 Å². The van der Waals surface area contributed by atoms with E-state index in [9.17, 15) is 10.2 Å². The van der Waals surface area contributed by atoms with E-state index < -0.39 is 12.1 Å². The smallest absolute Gasteiger partial charge is 0.172 e. The molecule has 1 aliphatic rings. The number of nitrogens with two attached hydrogens (primary N) is 1. The lowest BCUT2D eigenvalue weighted by Crippen LogP contribution is -2.36. The molecule has 2 atom stereocenters. The molecule has 0 heterocycles. The first-order valence-electron chi connectivity index (χ1n) is 6.63. The van der Waals surface area contributed by atoms with Crippen LogP contribution in [0.15, 0.2) is 16.6 Å². The molecule has 1 aromatic rings. The number of ether oxygens (including phenoxy) is 1. The van der Waals surface area contributed by atoms with Gasteiger partial charge in [-0.25, -0.2) is 0 Å². The molecule has 0 radical (unpaired) electrons. The van der Waals surface area contributed by atoms with Crippen molar-refractivity contribution in [2.45, 2.75) is 38.3 Å². The SMILES string of the molecule is CCOc1cc([C@H](N)[C@H](O)C2CCC2)cc(Br)c1O.Cl. The number of hydrogen-bond donors (Lipinski definition) is 3. The third kappa shape index (κ3) is 3.58. The number of aliphatic hydroxyl groups is 1. The Morgan fingerprint density at radius 1 is 1.45 bits per heavy atom. The van der Waals surface area contributed by atoms with Gasteiger partial charge in [-0.3, -0.25) is 0 Å². The van der Waals surface area contributed by atoms with E-state index in [-0.39, 0.29) is 24.1 Å². The zero-order chi connectivity index (χ0) is 14.0. The topological polar surface area (TPSA) is 75.7 Å². The predicted molar refractivity (Wildman–Crippen MR) is 84.5 cm³/mol. The van der Waals surface area contributed by atoms with E-state index in [4.69, 9.17) is 10.5 Å². The standard InChI is InChI=1S/C14H20BrNO3.ClH/c1-2-19-11-7-9(6-10(15)14(11)18)12(16)13(17)8-4-3-5-8;/h6-8,12-13,17-18H,2-5,16H2,1H3;1H/t12-,13+;/m0./s1. The Morgan fingerprint density at radius 3 is 2.60 bits per heavy atom. The van der Waals surface area contributed by atoms with Crippen molar-refractivity contribution in [3.05, 3.63) is 22.2 Å². The van der Waals surface area contributed by atoms with Crippen LogP contribution in [0.1, 0.15) is 37.8 Å². The average Bonchev–Trinajstić information content (AvgIpc) is 2.31. The zero-order valence-electron chi connectivity index (χ0n) is 11.4. The van der Waals surface area contributed by atoms with Gasteiger partial charge in [-0.1, -0.05) is 6.42 Å². The van der Waals surface area contributed by atoms with Gasteiger partial charge in [0.15, 0.2) is 11.5 Å². The second-order valence-electron chi connectivity index (χ2n) is 4.99. The van der Waals surface area contributed by atoms with E-state index in [2.05, 4.69) is 15.9 Å². The Balaban J connectivity index is 0.00000200. The van der Waals surface area contributed by atoms with E-state index >= 15 is 0 Å². The second kappa shape index (κ2) is 7.50. The maximum atomic E-state index is 10.2. The zero-order valence-corrected chi connectivity index (χ0v) is 13.8. The summed E-state index contributed by atoms with van der Waals surface area (Å²) in [6, 6.07) is 2.99. The highest BCUT2D eigenvalue weighted by Gasteiger charge is 2.31. The fourth-order valence-electron chi connectivity index (χ4n) is 2.32. The van der Waals surface area contributed by atoms with Gasteiger partial charge in [0.1, 0.15) is 0 Å². The minimum absolute atomic E-state index is 0. The number of aromatic hydroxyl groups is 1. The molecule has 4 nitrogen and oxygen atoms in total. The maximum Gasteiger partial charge on any atom is 0.172 e. The van der Waals surface area contributed by atoms with Gasteiger partial charge in [0.05, 0.1) is 23.2 Å². The molecule has 6 heteroatoms. The van der Waals surface area contributed by atoms with E-state index in [1.165, 1.54) is 0 Å². The van der Waals surface area contributed by atoms with Crippen LogP contribution in [0.4, 0.5) is 0 Å². The van der Waals surface area contributed by atoms with Crippen molar-refractivity contribution in [2.75, 3.05) is 6.61 Å². The first-order chi connectivity index (χ1) is 9.04. The number of halogens is 2. The first-order valence-corrected chi connectivity index (χ1v) is 7.42. The Bertz CT molecular complexity index is 454. The lowest BCUT2D eigenvalue weighted by molar-refractivity contribution is 0.0413. The van der Waals surface area contributed by atoms with Crippen molar-refractivity contribution in [3.8, 4) is 11.5 Å². The minimum Gasteiger partial charge on any atom is -0.503 e. The summed E-state index contributed by atoms with van der Waals surface area (Å²) in [5.74, 6) is 0.747. The highest BCUT2D eigenvalue weighted by molar-refractivity contribution is 9.10. The number of phenols is 1. The molecule has 0 amide bonds. The summed E-state index contributed by atoms with van der Waals surface area (Å²) in [5, 5.41) is 20.1. The molecular weight excluding hydrogens is 346 g/mol.